The molecule has 3 saturated carbocycles. The van der Waals surface area contributed by atoms with Crippen molar-refractivity contribution in [2.45, 2.75) is 111 Å². The van der Waals surface area contributed by atoms with Crippen LogP contribution < -0.4 is 0 Å². The lowest BCUT2D eigenvalue weighted by Gasteiger charge is -2.59. The van der Waals surface area contributed by atoms with Crippen LogP contribution in [-0.2, 0) is 4.74 Å². The average Bonchev–Trinajstić information content (AvgIpc) is 3.05. The number of methoxy groups -OCH3 is 1. The van der Waals surface area contributed by atoms with Crippen molar-refractivity contribution >= 4 is 0 Å². The van der Waals surface area contributed by atoms with E-state index in [1.54, 1.807) is 5.57 Å². The van der Waals surface area contributed by atoms with Crippen LogP contribution in [0.4, 0.5) is 0 Å². The van der Waals surface area contributed by atoms with Crippen LogP contribution >= 0.6 is 0 Å². The Bertz CT molecular complexity index is 639. The third kappa shape index (κ3) is 3.72. The Labute approximate surface area is 186 Å². The zero-order valence-electron chi connectivity index (χ0n) is 20.6. The molecular formula is C28H48O2. The molecule has 2 heteroatoms. The highest BCUT2D eigenvalue weighted by molar-refractivity contribution is 5.29. The van der Waals surface area contributed by atoms with Gasteiger partial charge in [-0.2, -0.15) is 0 Å². The Morgan fingerprint density at radius 2 is 1.70 bits per heavy atom. The minimum Gasteiger partial charge on any atom is -0.389 e. The van der Waals surface area contributed by atoms with Gasteiger partial charge in [-0.3, -0.25) is 0 Å². The number of aliphatic hydroxyl groups is 1. The van der Waals surface area contributed by atoms with Gasteiger partial charge in [-0.15, -0.1) is 0 Å². The van der Waals surface area contributed by atoms with E-state index < -0.39 is 0 Å². The fraction of sp³-hybridized carbons (Fsp3) is 0.929. The predicted octanol–water partition coefficient (Wildman–Crippen LogP) is 7.01. The molecule has 0 heterocycles. The third-order valence-electron chi connectivity index (χ3n) is 10.6. The van der Waals surface area contributed by atoms with Gasteiger partial charge in [0, 0.05) is 7.11 Å². The van der Waals surface area contributed by atoms with Crippen molar-refractivity contribution in [3.63, 3.8) is 0 Å². The molecule has 0 radical (unpaired) electrons. The third-order valence-corrected chi connectivity index (χ3v) is 10.6. The van der Waals surface area contributed by atoms with Gasteiger partial charge in [0.1, 0.15) is 0 Å². The number of allylic oxidation sites excluding steroid dienone is 1. The maximum absolute atomic E-state index is 11.2. The molecule has 30 heavy (non-hydrogen) atoms. The van der Waals surface area contributed by atoms with E-state index in [2.05, 4.69) is 40.7 Å². The maximum atomic E-state index is 11.2. The number of hydrogen-bond acceptors (Lipinski definition) is 2. The highest BCUT2D eigenvalue weighted by Gasteiger charge is 2.59. The summed E-state index contributed by atoms with van der Waals surface area (Å²) in [7, 11) is 1.84. The van der Waals surface area contributed by atoms with Gasteiger partial charge in [0.2, 0.25) is 0 Å². The highest BCUT2D eigenvalue weighted by atomic mass is 16.5. The van der Waals surface area contributed by atoms with Crippen LogP contribution in [-0.4, -0.2) is 24.4 Å². The Kier molecular flexibility index (Phi) is 6.50. The van der Waals surface area contributed by atoms with E-state index in [0.29, 0.717) is 29.3 Å². The second-order valence-corrected chi connectivity index (χ2v) is 12.5. The van der Waals surface area contributed by atoms with E-state index in [9.17, 15) is 5.11 Å². The van der Waals surface area contributed by atoms with Crippen molar-refractivity contribution in [1.82, 2.24) is 0 Å². The minimum absolute atomic E-state index is 0.265. The Hall–Kier alpha value is -0.340. The molecule has 0 bridgehead atoms. The highest BCUT2D eigenvalue weighted by Crippen LogP contribution is 2.67. The van der Waals surface area contributed by atoms with Crippen molar-refractivity contribution in [1.29, 1.82) is 0 Å². The normalized spacial score (nSPS) is 46.7. The van der Waals surface area contributed by atoms with Crippen LogP contribution in [0.25, 0.3) is 0 Å². The lowest BCUT2D eigenvalue weighted by atomic mass is 9.47. The van der Waals surface area contributed by atoms with Crippen LogP contribution in [0.1, 0.15) is 98.8 Å². The van der Waals surface area contributed by atoms with Crippen LogP contribution in [0.5, 0.6) is 0 Å². The number of ether oxygens (including phenoxy) is 1. The summed E-state index contributed by atoms with van der Waals surface area (Å²) in [4.78, 5) is 0. The van der Waals surface area contributed by atoms with Crippen molar-refractivity contribution < 1.29 is 9.84 Å². The summed E-state index contributed by atoms with van der Waals surface area (Å²) in [6, 6.07) is 0. The van der Waals surface area contributed by atoms with Gasteiger partial charge >= 0.3 is 0 Å². The van der Waals surface area contributed by atoms with E-state index >= 15 is 0 Å². The molecule has 0 aliphatic heterocycles. The minimum atomic E-state index is -0.274. The van der Waals surface area contributed by atoms with Crippen molar-refractivity contribution in [2.75, 3.05) is 7.11 Å². The second kappa shape index (κ2) is 8.54. The number of fused-ring (bicyclic) bond motifs is 5. The number of hydrogen-bond donors (Lipinski definition) is 1. The smallest absolute Gasteiger partial charge is 0.0758 e. The fourth-order valence-corrected chi connectivity index (χ4v) is 8.78. The summed E-state index contributed by atoms with van der Waals surface area (Å²) in [6.07, 6.45) is 15.5. The van der Waals surface area contributed by atoms with E-state index in [-0.39, 0.29) is 11.5 Å². The Balaban J connectivity index is 1.53. The lowest BCUT2D eigenvalue weighted by Crippen LogP contribution is -2.53. The van der Waals surface area contributed by atoms with E-state index in [0.717, 1.165) is 30.6 Å². The molecule has 4 aliphatic rings. The molecule has 0 aromatic heterocycles. The molecule has 3 unspecified atom stereocenters. The summed E-state index contributed by atoms with van der Waals surface area (Å²) >= 11 is 0. The van der Waals surface area contributed by atoms with Crippen LogP contribution in [0, 0.1) is 46.3 Å². The molecule has 172 valence electrons. The van der Waals surface area contributed by atoms with Gasteiger partial charge < -0.3 is 9.84 Å². The van der Waals surface area contributed by atoms with Crippen LogP contribution in [0.2, 0.25) is 0 Å². The van der Waals surface area contributed by atoms with E-state index in [1.807, 2.05) is 7.11 Å². The van der Waals surface area contributed by atoms with E-state index in [1.165, 1.54) is 51.4 Å². The van der Waals surface area contributed by atoms with Gasteiger partial charge in [0.05, 0.1) is 12.2 Å². The molecule has 9 atom stereocenters. The van der Waals surface area contributed by atoms with Gasteiger partial charge in [-0.1, -0.05) is 65.5 Å². The maximum Gasteiger partial charge on any atom is 0.0758 e. The van der Waals surface area contributed by atoms with Crippen molar-refractivity contribution in [3.05, 3.63) is 11.6 Å². The largest absolute Gasteiger partial charge is 0.389 e. The summed E-state index contributed by atoms with van der Waals surface area (Å²) in [6.45, 7) is 12.4. The predicted molar refractivity (Wildman–Crippen MR) is 125 cm³/mol. The SMILES string of the molecule is COC1CC[C@@]2(C)C(C1)C(O)C=C1[C@@H]3CC[C@H]([C@H](C)CCCC(C)C)[C@@]3(C)CC[C@@H]12. The number of aliphatic hydroxyl groups excluding tert-OH is 1. The van der Waals surface area contributed by atoms with Gasteiger partial charge in [-0.25, -0.2) is 0 Å². The second-order valence-electron chi connectivity index (χ2n) is 12.5. The first-order valence-corrected chi connectivity index (χ1v) is 13.1. The van der Waals surface area contributed by atoms with Crippen LogP contribution in [0.15, 0.2) is 11.6 Å². The molecule has 4 rings (SSSR count). The van der Waals surface area contributed by atoms with Crippen LogP contribution in [0.3, 0.4) is 0 Å². The molecule has 4 aliphatic carbocycles. The Morgan fingerprint density at radius 1 is 1.00 bits per heavy atom. The molecular weight excluding hydrogens is 368 g/mol. The first kappa shape index (κ1) is 22.8. The topological polar surface area (TPSA) is 29.5 Å². The summed E-state index contributed by atoms with van der Waals surface area (Å²) < 4.78 is 5.71. The van der Waals surface area contributed by atoms with Crippen molar-refractivity contribution in [2.24, 2.45) is 46.3 Å². The standard InChI is InChI=1S/C28H48O2/c1-18(2)8-7-9-19(3)22-10-11-23-21-17-26(29)25-16-20(30-6)12-14-28(25,5)24(21)13-15-27(22,23)4/h17-20,22-26,29H,7-16H2,1-6H3/t19-,20?,22-,23+,24+,25?,26?,27-,28-/m1/s1. The van der Waals surface area contributed by atoms with E-state index in [4.69, 9.17) is 4.74 Å². The zero-order chi connectivity index (χ0) is 21.7. The molecule has 0 saturated heterocycles. The average molecular weight is 417 g/mol. The molecule has 2 nitrogen and oxygen atoms in total. The molecule has 3 fully saturated rings. The fourth-order valence-electron chi connectivity index (χ4n) is 8.78. The molecule has 0 aromatic rings. The lowest BCUT2D eigenvalue weighted by molar-refractivity contribution is -0.0914. The molecule has 0 spiro atoms. The summed E-state index contributed by atoms with van der Waals surface area (Å²) in [5, 5.41) is 11.2. The Morgan fingerprint density at radius 3 is 2.40 bits per heavy atom. The van der Waals surface area contributed by atoms with Gasteiger partial charge in [0.25, 0.3) is 0 Å². The first-order valence-electron chi connectivity index (χ1n) is 13.1. The van der Waals surface area contributed by atoms with Gasteiger partial charge in [0.15, 0.2) is 0 Å². The number of rotatable bonds is 6. The summed E-state index contributed by atoms with van der Waals surface area (Å²) in [5.41, 5.74) is 2.38. The quantitative estimate of drug-likeness (QED) is 0.472. The zero-order valence-corrected chi connectivity index (χ0v) is 20.6. The molecule has 0 aromatic carbocycles. The summed E-state index contributed by atoms with van der Waals surface area (Å²) in [5.74, 6) is 4.31. The van der Waals surface area contributed by atoms with Crippen molar-refractivity contribution in [3.8, 4) is 0 Å². The van der Waals surface area contributed by atoms with Gasteiger partial charge in [-0.05, 0) is 91.3 Å². The first-order chi connectivity index (χ1) is 14.2. The monoisotopic (exact) mass is 416 g/mol. The molecule has 1 N–H and O–H groups in total. The molecule has 0 amide bonds.